The van der Waals surface area contributed by atoms with E-state index in [1.165, 1.54) is 22.0 Å². The van der Waals surface area contributed by atoms with Crippen LogP contribution >= 0.6 is 11.3 Å². The number of aromatic nitrogens is 2. The first kappa shape index (κ1) is 21.1. The van der Waals surface area contributed by atoms with Crippen LogP contribution in [0.2, 0.25) is 0 Å². The summed E-state index contributed by atoms with van der Waals surface area (Å²) >= 11 is 1.82. The summed E-state index contributed by atoms with van der Waals surface area (Å²) in [6.07, 6.45) is 2.37. The molecule has 0 aliphatic carbocycles. The molecule has 2 saturated heterocycles. The number of sulfonamides is 1. The maximum atomic E-state index is 13.1. The lowest BCUT2D eigenvalue weighted by Crippen LogP contribution is -2.40. The predicted octanol–water partition coefficient (Wildman–Crippen LogP) is 3.48. The molecule has 31 heavy (non-hydrogen) atoms. The van der Waals surface area contributed by atoms with Gasteiger partial charge in [0.15, 0.2) is 0 Å². The third-order valence-electron chi connectivity index (χ3n) is 6.30. The standard InChI is InChI=1S/C22H28N4O3S2/c1-2-26-19-8-7-17(31(27,28)25-10-12-29-13-11-25)15-18(19)23-22(26)16-24-9-3-5-20(24)21-6-4-14-30-21/h4,6-8,14-15,20H,2-3,5,9-13,16H2,1H3. The number of benzene rings is 1. The number of ether oxygens (including phenoxy) is 1. The average Bonchev–Trinajstić information content (AvgIpc) is 3.53. The van der Waals surface area contributed by atoms with E-state index in [-0.39, 0.29) is 0 Å². The van der Waals surface area contributed by atoms with E-state index < -0.39 is 10.0 Å². The van der Waals surface area contributed by atoms with Crippen LogP contribution < -0.4 is 0 Å². The van der Waals surface area contributed by atoms with Crippen LogP contribution in [0.4, 0.5) is 0 Å². The fourth-order valence-corrected chi connectivity index (χ4v) is 7.05. The third-order valence-corrected chi connectivity index (χ3v) is 9.17. The molecule has 0 saturated carbocycles. The molecule has 0 radical (unpaired) electrons. The molecule has 2 aliphatic rings. The highest BCUT2D eigenvalue weighted by Gasteiger charge is 2.29. The van der Waals surface area contributed by atoms with Gasteiger partial charge in [0.2, 0.25) is 10.0 Å². The van der Waals surface area contributed by atoms with E-state index in [1.807, 2.05) is 17.4 Å². The Morgan fingerprint density at radius 1 is 1.19 bits per heavy atom. The highest BCUT2D eigenvalue weighted by atomic mass is 32.2. The minimum atomic E-state index is -3.53. The number of rotatable bonds is 6. The van der Waals surface area contributed by atoms with E-state index in [0.29, 0.717) is 37.2 Å². The Hall–Kier alpha value is -1.78. The Labute approximate surface area is 187 Å². The van der Waals surface area contributed by atoms with Crippen molar-refractivity contribution in [1.82, 2.24) is 18.8 Å². The van der Waals surface area contributed by atoms with Crippen molar-refractivity contribution < 1.29 is 13.2 Å². The molecule has 0 N–H and O–H groups in total. The van der Waals surface area contributed by atoms with Crippen LogP contribution in [0.15, 0.2) is 40.6 Å². The summed E-state index contributed by atoms with van der Waals surface area (Å²) in [5.74, 6) is 1.00. The minimum Gasteiger partial charge on any atom is -0.379 e. The van der Waals surface area contributed by atoms with E-state index >= 15 is 0 Å². The number of aryl methyl sites for hydroxylation is 1. The number of thiophene rings is 1. The van der Waals surface area contributed by atoms with E-state index in [1.54, 1.807) is 12.1 Å². The van der Waals surface area contributed by atoms with Gasteiger partial charge in [0.05, 0.1) is 35.7 Å². The molecule has 1 atom stereocenters. The molecule has 7 nitrogen and oxygen atoms in total. The van der Waals surface area contributed by atoms with Crippen LogP contribution in [-0.4, -0.2) is 60.0 Å². The summed E-state index contributed by atoms with van der Waals surface area (Å²) in [4.78, 5) is 9.13. The summed E-state index contributed by atoms with van der Waals surface area (Å²) in [5.41, 5.74) is 1.74. The lowest BCUT2D eigenvalue weighted by Gasteiger charge is -2.26. The normalized spacial score (nSPS) is 21.3. The van der Waals surface area contributed by atoms with E-state index in [0.717, 1.165) is 36.5 Å². The fraction of sp³-hybridized carbons (Fsp3) is 0.500. The number of nitrogens with zero attached hydrogens (tertiary/aromatic N) is 4. The summed E-state index contributed by atoms with van der Waals surface area (Å²) < 4.78 is 35.2. The van der Waals surface area contributed by atoms with Crippen molar-refractivity contribution in [2.45, 2.75) is 43.8 Å². The third kappa shape index (κ3) is 3.93. The molecular formula is C22H28N4O3S2. The zero-order chi connectivity index (χ0) is 21.4. The van der Waals surface area contributed by atoms with Crippen molar-refractivity contribution in [3.8, 4) is 0 Å². The maximum Gasteiger partial charge on any atom is 0.243 e. The average molecular weight is 461 g/mol. The first-order valence-electron chi connectivity index (χ1n) is 10.9. The van der Waals surface area contributed by atoms with Crippen molar-refractivity contribution in [1.29, 1.82) is 0 Å². The topological polar surface area (TPSA) is 67.7 Å². The highest BCUT2D eigenvalue weighted by molar-refractivity contribution is 7.89. The molecule has 166 valence electrons. The fourth-order valence-electron chi connectivity index (χ4n) is 4.73. The van der Waals surface area contributed by atoms with Gasteiger partial charge < -0.3 is 9.30 Å². The molecule has 0 bridgehead atoms. The summed E-state index contributed by atoms with van der Waals surface area (Å²) in [6, 6.07) is 10.1. The summed E-state index contributed by atoms with van der Waals surface area (Å²) in [5, 5.41) is 2.14. The van der Waals surface area contributed by atoms with Gasteiger partial charge in [-0.15, -0.1) is 11.3 Å². The van der Waals surface area contributed by atoms with E-state index in [2.05, 4.69) is 33.9 Å². The SMILES string of the molecule is CCn1c(CN2CCCC2c2cccs2)nc2cc(S(=O)(=O)N3CCOCC3)ccc21. The molecule has 2 aliphatic heterocycles. The lowest BCUT2D eigenvalue weighted by atomic mass is 10.2. The molecule has 4 heterocycles. The van der Waals surface area contributed by atoms with Gasteiger partial charge in [-0.3, -0.25) is 4.90 Å². The van der Waals surface area contributed by atoms with Gasteiger partial charge in [0.25, 0.3) is 0 Å². The van der Waals surface area contributed by atoms with E-state index in [9.17, 15) is 8.42 Å². The first-order valence-corrected chi connectivity index (χ1v) is 13.2. The lowest BCUT2D eigenvalue weighted by molar-refractivity contribution is 0.0730. The Bertz CT molecular complexity index is 1150. The predicted molar refractivity (Wildman–Crippen MR) is 122 cm³/mol. The van der Waals surface area contributed by atoms with Crippen molar-refractivity contribution in [3.05, 3.63) is 46.4 Å². The van der Waals surface area contributed by atoms with Gasteiger partial charge in [-0.1, -0.05) is 6.07 Å². The van der Waals surface area contributed by atoms with Gasteiger partial charge >= 0.3 is 0 Å². The minimum absolute atomic E-state index is 0.312. The molecule has 3 aromatic rings. The number of hydrogen-bond acceptors (Lipinski definition) is 6. The van der Waals surface area contributed by atoms with Crippen molar-refractivity contribution in [2.24, 2.45) is 0 Å². The molecule has 0 spiro atoms. The maximum absolute atomic E-state index is 13.1. The number of imidazole rings is 1. The van der Waals surface area contributed by atoms with Gasteiger partial charge in [-0.25, -0.2) is 13.4 Å². The van der Waals surface area contributed by atoms with Crippen molar-refractivity contribution in [2.75, 3.05) is 32.8 Å². The van der Waals surface area contributed by atoms with Crippen molar-refractivity contribution in [3.63, 3.8) is 0 Å². The quantitative estimate of drug-likeness (QED) is 0.563. The molecule has 5 rings (SSSR count). The molecule has 2 aromatic heterocycles. The van der Waals surface area contributed by atoms with Gasteiger partial charge in [-0.2, -0.15) is 4.31 Å². The molecule has 1 aromatic carbocycles. The molecule has 2 fully saturated rings. The van der Waals surface area contributed by atoms with Crippen LogP contribution in [0.1, 0.15) is 36.5 Å². The second-order valence-electron chi connectivity index (χ2n) is 8.08. The van der Waals surface area contributed by atoms with Crippen LogP contribution in [-0.2, 0) is 27.8 Å². The number of morpholine rings is 1. The van der Waals surface area contributed by atoms with Gasteiger partial charge in [0, 0.05) is 30.6 Å². The van der Waals surface area contributed by atoms with Gasteiger partial charge in [0.1, 0.15) is 5.82 Å². The summed E-state index contributed by atoms with van der Waals surface area (Å²) in [6.45, 7) is 6.43. The molecule has 0 amide bonds. The molecule has 9 heteroatoms. The van der Waals surface area contributed by atoms with Crippen molar-refractivity contribution >= 4 is 32.4 Å². The zero-order valence-electron chi connectivity index (χ0n) is 17.7. The largest absolute Gasteiger partial charge is 0.379 e. The van der Waals surface area contributed by atoms with Crippen LogP contribution in [0.3, 0.4) is 0 Å². The Balaban J connectivity index is 1.46. The highest BCUT2D eigenvalue weighted by Crippen LogP contribution is 2.36. The second kappa shape index (κ2) is 8.63. The second-order valence-corrected chi connectivity index (χ2v) is 11.0. The smallest absolute Gasteiger partial charge is 0.243 e. The Morgan fingerprint density at radius 3 is 2.77 bits per heavy atom. The van der Waals surface area contributed by atoms with Crippen LogP contribution in [0.5, 0.6) is 0 Å². The number of fused-ring (bicyclic) bond motifs is 1. The Morgan fingerprint density at radius 2 is 2.03 bits per heavy atom. The first-order chi connectivity index (χ1) is 15.1. The zero-order valence-corrected chi connectivity index (χ0v) is 19.4. The van der Waals surface area contributed by atoms with E-state index in [4.69, 9.17) is 9.72 Å². The van der Waals surface area contributed by atoms with Crippen LogP contribution in [0, 0.1) is 0 Å². The Kier molecular flexibility index (Phi) is 5.87. The number of likely N-dealkylation sites (tertiary alicyclic amines) is 1. The summed E-state index contributed by atoms with van der Waals surface area (Å²) in [7, 11) is -3.53. The molecular weight excluding hydrogens is 432 g/mol. The number of hydrogen-bond donors (Lipinski definition) is 0. The monoisotopic (exact) mass is 460 g/mol. The van der Waals surface area contributed by atoms with Crippen LogP contribution in [0.25, 0.3) is 11.0 Å². The molecule has 1 unspecified atom stereocenters. The van der Waals surface area contributed by atoms with Gasteiger partial charge in [-0.05, 0) is 56.0 Å².